The van der Waals surface area contributed by atoms with Crippen molar-refractivity contribution in [2.45, 2.75) is 18.4 Å². The maximum Gasteiger partial charge on any atom is 0.384 e. The average Bonchev–Trinajstić information content (AvgIpc) is 3.40. The molecule has 0 spiro atoms. The van der Waals surface area contributed by atoms with Crippen LogP contribution in [0.4, 0.5) is 11.6 Å². The molecular weight excluding hydrogens is 584 g/mol. The number of pyridine rings is 1. The topological polar surface area (TPSA) is 170 Å². The molecule has 220 valence electrons. The van der Waals surface area contributed by atoms with Crippen molar-refractivity contribution in [3.05, 3.63) is 65.1 Å². The first-order chi connectivity index (χ1) is 19.9. The van der Waals surface area contributed by atoms with Crippen LogP contribution < -0.4 is 14.0 Å². The Bertz CT molecular complexity index is 1800. The molecule has 1 aromatic carbocycles. The third-order valence-corrected chi connectivity index (χ3v) is 9.96. The van der Waals surface area contributed by atoms with Crippen LogP contribution in [0.5, 0.6) is 5.75 Å². The lowest BCUT2D eigenvalue weighted by molar-refractivity contribution is 0.0988. The third kappa shape index (κ3) is 5.63. The Balaban J connectivity index is 1.32. The van der Waals surface area contributed by atoms with E-state index in [2.05, 4.69) is 15.0 Å². The molecule has 0 aliphatic carbocycles. The van der Waals surface area contributed by atoms with E-state index in [-0.39, 0.29) is 41.7 Å². The van der Waals surface area contributed by atoms with Gasteiger partial charge in [-0.2, -0.15) is 22.3 Å². The van der Waals surface area contributed by atoms with E-state index in [1.807, 2.05) is 11.0 Å². The van der Waals surface area contributed by atoms with Gasteiger partial charge in [0.2, 0.25) is 5.95 Å². The number of benzene rings is 1. The molecule has 16 heteroatoms. The molecule has 2 aliphatic heterocycles. The van der Waals surface area contributed by atoms with Gasteiger partial charge in [-0.25, -0.2) is 23.4 Å². The molecule has 1 saturated heterocycles. The summed E-state index contributed by atoms with van der Waals surface area (Å²) in [5.41, 5.74) is 1.83. The Morgan fingerprint density at radius 3 is 2.38 bits per heavy atom. The van der Waals surface area contributed by atoms with Crippen molar-refractivity contribution >= 4 is 37.9 Å². The molecule has 5 rings (SSSR count). The number of sulfonamides is 1. The van der Waals surface area contributed by atoms with Gasteiger partial charge in [-0.05, 0) is 37.3 Å². The van der Waals surface area contributed by atoms with E-state index in [0.717, 1.165) is 4.31 Å². The Morgan fingerprint density at radius 1 is 0.976 bits per heavy atom. The average molecular weight is 613 g/mol. The third-order valence-electron chi connectivity index (χ3n) is 6.88. The predicted octanol–water partition coefficient (Wildman–Crippen LogP) is 0.951. The highest BCUT2D eigenvalue weighted by molar-refractivity contribution is 7.89. The molecule has 1 amide bonds. The minimum absolute atomic E-state index is 0.0461. The molecule has 4 heterocycles. The largest absolute Gasteiger partial charge is 0.384 e. The van der Waals surface area contributed by atoms with E-state index in [4.69, 9.17) is 4.18 Å². The van der Waals surface area contributed by atoms with Gasteiger partial charge in [0.15, 0.2) is 10.8 Å². The van der Waals surface area contributed by atoms with E-state index >= 15 is 0 Å². The van der Waals surface area contributed by atoms with E-state index in [9.17, 15) is 26.9 Å². The number of nitrogens with zero attached hydrogens (tertiary/aromatic N) is 8. The van der Waals surface area contributed by atoms with Crippen LogP contribution in [0.2, 0.25) is 0 Å². The van der Waals surface area contributed by atoms with Crippen LogP contribution in [-0.4, -0.2) is 93.1 Å². The summed E-state index contributed by atoms with van der Waals surface area (Å²) in [6.45, 7) is 3.04. The summed E-state index contributed by atoms with van der Waals surface area (Å²) in [6.07, 6.45) is 0.323. The Kier molecular flexibility index (Phi) is 7.86. The van der Waals surface area contributed by atoms with Crippen molar-refractivity contribution in [2.75, 3.05) is 56.6 Å². The highest BCUT2D eigenvalue weighted by Gasteiger charge is 2.34. The smallest absolute Gasteiger partial charge is 0.370 e. The summed E-state index contributed by atoms with van der Waals surface area (Å²) in [4.78, 5) is 29.8. The first-order valence-electron chi connectivity index (χ1n) is 12.9. The molecule has 0 saturated carbocycles. The molecule has 0 radical (unpaired) electrons. The van der Waals surface area contributed by atoms with Crippen LogP contribution >= 0.6 is 0 Å². The number of carbonyl (C=O) groups excluding carboxylic acids is 1. The molecule has 2 aromatic heterocycles. The highest BCUT2D eigenvalue weighted by atomic mass is 32.2. The lowest BCUT2D eigenvalue weighted by Crippen LogP contribution is -2.49. The summed E-state index contributed by atoms with van der Waals surface area (Å²) in [7, 11) is -5.39. The number of piperazine rings is 1. The number of amides is 1. The number of nitriles is 1. The standard InChI is InChI=1S/C26H28N8O6S2/c1-18-16-19(17-27)29-26(28-18)32-12-14-33(15-13-32)41(36,37)24-9-8-22-21(30-24)10-11-34(22)25(35)20-6-4-5-7-23(20)40-42(38,39)31(2)3/h4-9,16H,10-15H2,1-3H3. The van der Waals surface area contributed by atoms with Gasteiger partial charge in [0, 0.05) is 58.9 Å². The van der Waals surface area contributed by atoms with Gasteiger partial charge in [0.25, 0.3) is 15.9 Å². The second kappa shape index (κ2) is 11.2. The number of rotatable bonds is 7. The number of aryl methyl sites for hydroxylation is 1. The first kappa shape index (κ1) is 29.3. The van der Waals surface area contributed by atoms with Crippen LogP contribution in [0.15, 0.2) is 47.5 Å². The maximum atomic E-state index is 13.5. The lowest BCUT2D eigenvalue weighted by Gasteiger charge is -2.33. The van der Waals surface area contributed by atoms with E-state index in [0.29, 0.717) is 42.5 Å². The molecular formula is C26H28N8O6S2. The number of hydrogen-bond acceptors (Lipinski definition) is 11. The SMILES string of the molecule is Cc1cc(C#N)nc(N2CCN(S(=O)(=O)c3ccc4c(n3)CCN4C(=O)c3ccccc3OS(=O)(=O)N(C)C)CC2)n1. The normalized spacial score (nSPS) is 15.9. The molecule has 0 unspecified atom stereocenters. The van der Waals surface area contributed by atoms with Crippen molar-refractivity contribution in [2.24, 2.45) is 0 Å². The molecule has 1 fully saturated rings. The zero-order valence-electron chi connectivity index (χ0n) is 23.1. The quantitative estimate of drug-likeness (QED) is 0.372. The fourth-order valence-electron chi connectivity index (χ4n) is 4.66. The van der Waals surface area contributed by atoms with Gasteiger partial charge < -0.3 is 14.0 Å². The van der Waals surface area contributed by atoms with Gasteiger partial charge in [-0.3, -0.25) is 4.79 Å². The molecule has 14 nitrogen and oxygen atoms in total. The second-order valence-corrected chi connectivity index (χ2v) is 13.5. The number of hydrogen-bond donors (Lipinski definition) is 0. The van der Waals surface area contributed by atoms with Gasteiger partial charge in [0.05, 0.1) is 16.9 Å². The zero-order valence-corrected chi connectivity index (χ0v) is 24.8. The fraction of sp³-hybridized carbons (Fsp3) is 0.346. The van der Waals surface area contributed by atoms with Crippen molar-refractivity contribution in [1.29, 1.82) is 5.26 Å². The fourth-order valence-corrected chi connectivity index (χ4v) is 6.55. The van der Waals surface area contributed by atoms with Crippen molar-refractivity contribution < 1.29 is 25.8 Å². The van der Waals surface area contributed by atoms with E-state index in [1.165, 1.54) is 41.5 Å². The Hall–Kier alpha value is -4.17. The minimum Gasteiger partial charge on any atom is -0.370 e. The first-order valence-corrected chi connectivity index (χ1v) is 15.7. The zero-order chi connectivity index (χ0) is 30.2. The van der Waals surface area contributed by atoms with Gasteiger partial charge in [-0.15, -0.1) is 0 Å². The number of fused-ring (bicyclic) bond motifs is 1. The minimum atomic E-state index is -4.09. The van der Waals surface area contributed by atoms with Crippen LogP contribution in [0, 0.1) is 18.3 Å². The van der Waals surface area contributed by atoms with Gasteiger partial charge >= 0.3 is 10.3 Å². The number of para-hydroxylation sites is 1. The van der Waals surface area contributed by atoms with Crippen LogP contribution in [-0.2, 0) is 26.7 Å². The molecule has 0 bridgehead atoms. The van der Waals surface area contributed by atoms with Crippen molar-refractivity contribution in [3.63, 3.8) is 0 Å². The predicted molar refractivity (Wildman–Crippen MR) is 152 cm³/mol. The molecule has 3 aromatic rings. The Morgan fingerprint density at radius 2 is 1.69 bits per heavy atom. The summed E-state index contributed by atoms with van der Waals surface area (Å²) >= 11 is 0. The number of aromatic nitrogens is 3. The van der Waals surface area contributed by atoms with Gasteiger partial charge in [-0.1, -0.05) is 12.1 Å². The van der Waals surface area contributed by atoms with Crippen LogP contribution in [0.3, 0.4) is 0 Å². The van der Waals surface area contributed by atoms with Crippen LogP contribution in [0.1, 0.15) is 27.4 Å². The molecule has 42 heavy (non-hydrogen) atoms. The van der Waals surface area contributed by atoms with Crippen molar-refractivity contribution in [1.82, 2.24) is 23.6 Å². The summed E-state index contributed by atoms with van der Waals surface area (Å²) < 4.78 is 58.9. The molecule has 0 N–H and O–H groups in total. The van der Waals surface area contributed by atoms with Crippen LogP contribution in [0.25, 0.3) is 0 Å². The summed E-state index contributed by atoms with van der Waals surface area (Å²) in [5, 5.41) is 9.08. The maximum absolute atomic E-state index is 13.5. The molecule has 0 atom stereocenters. The van der Waals surface area contributed by atoms with Gasteiger partial charge in [0.1, 0.15) is 11.8 Å². The summed E-state index contributed by atoms with van der Waals surface area (Å²) in [5.74, 6) is -0.226. The second-order valence-electron chi connectivity index (χ2n) is 9.84. The summed E-state index contributed by atoms with van der Waals surface area (Å²) in [6, 6.07) is 12.5. The Labute approximate surface area is 244 Å². The van der Waals surface area contributed by atoms with E-state index < -0.39 is 26.2 Å². The number of carbonyl (C=O) groups is 1. The monoisotopic (exact) mass is 612 g/mol. The van der Waals surface area contributed by atoms with Crippen molar-refractivity contribution in [3.8, 4) is 11.8 Å². The highest BCUT2D eigenvalue weighted by Crippen LogP contribution is 2.32. The molecule has 2 aliphatic rings. The number of anilines is 2. The lowest BCUT2D eigenvalue weighted by atomic mass is 10.1. The van der Waals surface area contributed by atoms with E-state index in [1.54, 1.807) is 31.2 Å².